The molecule has 0 radical (unpaired) electrons. The van der Waals surface area contributed by atoms with Crippen LogP contribution in [0.3, 0.4) is 0 Å². The van der Waals surface area contributed by atoms with E-state index in [2.05, 4.69) is 42.3 Å². The maximum atomic E-state index is 12.7. The minimum Gasteiger partial charge on any atom is -0.493 e. The van der Waals surface area contributed by atoms with Crippen LogP contribution >= 0.6 is 11.3 Å². The molecule has 0 saturated heterocycles. The predicted molar refractivity (Wildman–Crippen MR) is 176 cm³/mol. The zero-order valence-corrected chi connectivity index (χ0v) is 27.4. The number of benzene rings is 2. The van der Waals surface area contributed by atoms with Crippen molar-refractivity contribution in [1.29, 1.82) is 0 Å². The lowest BCUT2D eigenvalue weighted by Crippen LogP contribution is -2.35. The summed E-state index contributed by atoms with van der Waals surface area (Å²) < 4.78 is 13.9. The number of hydrogen-bond acceptors (Lipinski definition) is 4. The maximum absolute atomic E-state index is 12.7. The lowest BCUT2D eigenvalue weighted by atomic mass is 10.1. The first-order chi connectivity index (χ1) is 20.5. The Balaban J connectivity index is 1.43. The molecule has 1 aromatic heterocycles. The van der Waals surface area contributed by atoms with Crippen LogP contribution in [0.2, 0.25) is 0 Å². The summed E-state index contributed by atoms with van der Waals surface area (Å²) in [5.41, 5.74) is 5.35. The number of amides is 1. The number of carbonyl (C=O) groups is 1. The molecule has 3 rings (SSSR count). The van der Waals surface area contributed by atoms with Crippen molar-refractivity contribution in [2.75, 3.05) is 25.2 Å². The van der Waals surface area contributed by atoms with Crippen LogP contribution in [0, 0.1) is 6.92 Å². The minimum absolute atomic E-state index is 0.0447. The predicted octanol–water partition coefficient (Wildman–Crippen LogP) is 9.08. The monoisotopic (exact) mass is 593 g/mol. The van der Waals surface area contributed by atoms with Crippen molar-refractivity contribution in [1.82, 2.24) is 0 Å². The standard InChI is InChI=1S/C36H53N2O3S/c1-5-6-7-8-9-10-11-12-13-14-15-18-25-41-35-22-21-32(26-36(35)40-4)23-24-38(31(3)39)34-20-17-16-19-33(34)28-37-27-30(2)42-29-37/h16-17,19-22,26-27,29H,5-15,18,23-25,28H2,1-4H3/q+1. The fraction of sp³-hybridized carbons (Fsp3) is 0.556. The van der Waals surface area contributed by atoms with Crippen molar-refractivity contribution in [2.45, 2.75) is 111 Å². The molecular weight excluding hydrogens is 540 g/mol. The first-order valence-corrected chi connectivity index (χ1v) is 17.0. The first kappa shape index (κ1) is 33.6. The van der Waals surface area contributed by atoms with Crippen molar-refractivity contribution >= 4 is 22.9 Å². The summed E-state index contributed by atoms with van der Waals surface area (Å²) in [6.45, 7) is 8.08. The van der Waals surface area contributed by atoms with Gasteiger partial charge in [-0.25, -0.2) is 0 Å². The fourth-order valence-corrected chi connectivity index (χ4v) is 6.07. The Kier molecular flexibility index (Phi) is 15.5. The Bertz CT molecular complexity index is 1190. The molecule has 0 saturated carbocycles. The number of aromatic nitrogens is 1. The molecule has 5 nitrogen and oxygen atoms in total. The van der Waals surface area contributed by atoms with Gasteiger partial charge in [0, 0.05) is 19.0 Å². The molecule has 1 amide bonds. The van der Waals surface area contributed by atoms with Crippen LogP contribution in [0.15, 0.2) is 54.2 Å². The Hall–Kier alpha value is -2.86. The van der Waals surface area contributed by atoms with Gasteiger partial charge in [-0.05, 0) is 43.5 Å². The number of carbonyl (C=O) groups excluding carboxylic acids is 1. The summed E-state index contributed by atoms with van der Waals surface area (Å²) in [6.07, 6.45) is 18.9. The van der Waals surface area contributed by atoms with Crippen molar-refractivity contribution < 1.29 is 18.8 Å². The lowest BCUT2D eigenvalue weighted by molar-refractivity contribution is -0.683. The lowest BCUT2D eigenvalue weighted by Gasteiger charge is -2.23. The molecule has 0 N–H and O–H groups in total. The topological polar surface area (TPSA) is 42.7 Å². The molecule has 0 aliphatic heterocycles. The molecular formula is C36H53N2O3S+. The normalized spacial score (nSPS) is 11.0. The van der Waals surface area contributed by atoms with E-state index in [4.69, 9.17) is 9.47 Å². The molecule has 230 valence electrons. The number of rotatable bonds is 21. The van der Waals surface area contributed by atoms with Gasteiger partial charge < -0.3 is 14.4 Å². The first-order valence-electron chi connectivity index (χ1n) is 16.1. The summed E-state index contributed by atoms with van der Waals surface area (Å²) in [5.74, 6) is 1.59. The third-order valence-electron chi connectivity index (χ3n) is 7.84. The highest BCUT2D eigenvalue weighted by atomic mass is 32.1. The van der Waals surface area contributed by atoms with E-state index >= 15 is 0 Å². The van der Waals surface area contributed by atoms with Crippen LogP contribution in [-0.2, 0) is 17.8 Å². The van der Waals surface area contributed by atoms with Crippen LogP contribution < -0.4 is 18.9 Å². The van der Waals surface area contributed by atoms with Crippen LogP contribution in [-0.4, -0.2) is 26.2 Å². The SMILES string of the molecule is CCCCCCCCCCCCCCOc1ccc(CCN(C(C)=O)c2ccccc2C[n+]2csc(C)c2)cc1OC. The van der Waals surface area contributed by atoms with Crippen molar-refractivity contribution in [2.24, 2.45) is 0 Å². The number of methoxy groups -OCH3 is 1. The number of thiazole rings is 1. The third kappa shape index (κ3) is 11.8. The molecule has 0 fully saturated rings. The summed E-state index contributed by atoms with van der Waals surface area (Å²) in [7, 11) is 1.69. The van der Waals surface area contributed by atoms with Crippen LogP contribution in [0.25, 0.3) is 0 Å². The van der Waals surface area contributed by atoms with Gasteiger partial charge in [-0.2, -0.15) is 4.57 Å². The average molecular weight is 594 g/mol. The molecule has 3 aromatic rings. The van der Waals surface area contributed by atoms with Crippen molar-refractivity contribution in [3.8, 4) is 11.5 Å². The highest BCUT2D eigenvalue weighted by Crippen LogP contribution is 2.29. The molecule has 6 heteroatoms. The second-order valence-corrected chi connectivity index (χ2v) is 12.5. The van der Waals surface area contributed by atoms with Gasteiger partial charge in [0.2, 0.25) is 11.4 Å². The van der Waals surface area contributed by atoms with E-state index in [9.17, 15) is 4.79 Å². The third-order valence-corrected chi connectivity index (χ3v) is 8.70. The number of anilines is 1. The molecule has 0 spiro atoms. The van der Waals surface area contributed by atoms with Gasteiger partial charge in [-0.15, -0.1) is 0 Å². The van der Waals surface area contributed by atoms with Gasteiger partial charge >= 0.3 is 0 Å². The summed E-state index contributed by atoms with van der Waals surface area (Å²) in [6, 6.07) is 14.3. The van der Waals surface area contributed by atoms with Crippen LogP contribution in [0.5, 0.6) is 11.5 Å². The number of aryl methyl sites for hydroxylation is 1. The van der Waals surface area contributed by atoms with E-state index in [1.807, 2.05) is 35.2 Å². The smallest absolute Gasteiger partial charge is 0.225 e. The van der Waals surface area contributed by atoms with E-state index in [1.165, 1.54) is 75.5 Å². The Morgan fingerprint density at radius 1 is 0.881 bits per heavy atom. The number of nitrogens with zero attached hydrogens (tertiary/aromatic N) is 2. The number of unbranched alkanes of at least 4 members (excludes halogenated alkanes) is 11. The molecule has 0 aliphatic rings. The summed E-state index contributed by atoms with van der Waals surface area (Å²) in [5, 5.41) is 0. The van der Waals surface area contributed by atoms with Crippen molar-refractivity contribution in [3.63, 3.8) is 0 Å². The van der Waals surface area contributed by atoms with Gasteiger partial charge in [0.25, 0.3) is 0 Å². The van der Waals surface area contributed by atoms with Gasteiger partial charge in [-0.3, -0.25) is 4.79 Å². The number of hydrogen-bond donors (Lipinski definition) is 0. The molecule has 0 aliphatic carbocycles. The van der Waals surface area contributed by atoms with Gasteiger partial charge in [0.05, 0.1) is 24.3 Å². The molecule has 1 heterocycles. The van der Waals surface area contributed by atoms with E-state index in [0.717, 1.165) is 47.7 Å². The van der Waals surface area contributed by atoms with Crippen LogP contribution in [0.4, 0.5) is 5.69 Å². The van der Waals surface area contributed by atoms with E-state index in [-0.39, 0.29) is 5.91 Å². The summed E-state index contributed by atoms with van der Waals surface area (Å²) >= 11 is 1.73. The van der Waals surface area contributed by atoms with Crippen LogP contribution in [0.1, 0.15) is 107 Å². The second kappa shape index (κ2) is 19.4. The fourth-order valence-electron chi connectivity index (χ4n) is 5.43. The van der Waals surface area contributed by atoms with Crippen molar-refractivity contribution in [3.05, 3.63) is 70.2 Å². The molecule has 0 atom stereocenters. The molecule has 0 bridgehead atoms. The Morgan fingerprint density at radius 3 is 2.17 bits per heavy atom. The Labute approximate surface area is 258 Å². The molecule has 2 aromatic carbocycles. The quantitative estimate of drug-likeness (QED) is 0.0914. The largest absolute Gasteiger partial charge is 0.493 e. The van der Waals surface area contributed by atoms with E-state index in [1.54, 1.807) is 25.4 Å². The van der Waals surface area contributed by atoms with Gasteiger partial charge in [0.15, 0.2) is 24.2 Å². The summed E-state index contributed by atoms with van der Waals surface area (Å²) in [4.78, 5) is 15.9. The Morgan fingerprint density at radius 2 is 1.55 bits per heavy atom. The molecule has 0 unspecified atom stereocenters. The highest BCUT2D eigenvalue weighted by molar-refractivity contribution is 7.09. The highest BCUT2D eigenvalue weighted by Gasteiger charge is 2.18. The zero-order chi connectivity index (χ0) is 30.0. The maximum Gasteiger partial charge on any atom is 0.225 e. The van der Waals surface area contributed by atoms with Gasteiger partial charge in [-0.1, -0.05) is 113 Å². The number of ether oxygens (including phenoxy) is 2. The van der Waals surface area contributed by atoms with E-state index in [0.29, 0.717) is 13.2 Å². The van der Waals surface area contributed by atoms with E-state index < -0.39 is 0 Å². The zero-order valence-electron chi connectivity index (χ0n) is 26.5. The average Bonchev–Trinajstić information content (AvgIpc) is 3.40. The second-order valence-electron chi connectivity index (χ2n) is 11.4. The molecule has 42 heavy (non-hydrogen) atoms. The number of para-hydroxylation sites is 1. The van der Waals surface area contributed by atoms with Gasteiger partial charge in [0.1, 0.15) is 0 Å². The minimum atomic E-state index is 0.0447.